The number of thiophene rings is 1. The molecular weight excluding hydrogens is 330 g/mol. The topological polar surface area (TPSA) is 80.8 Å². The van der Waals surface area contributed by atoms with Crippen molar-refractivity contribution in [1.82, 2.24) is 9.88 Å². The number of carbonyl (C=O) groups excluding carboxylic acids is 2. The second-order valence-electron chi connectivity index (χ2n) is 5.52. The van der Waals surface area contributed by atoms with Gasteiger partial charge in [-0.1, -0.05) is 0 Å². The van der Waals surface area contributed by atoms with Gasteiger partial charge in [0.25, 0.3) is 0 Å². The number of rotatable bonds is 4. The highest BCUT2D eigenvalue weighted by Gasteiger charge is 2.21. The Morgan fingerprint density at radius 2 is 2.12 bits per heavy atom. The highest BCUT2D eigenvalue weighted by molar-refractivity contribution is 7.21. The summed E-state index contributed by atoms with van der Waals surface area (Å²) in [6, 6.07) is 3.82. The van der Waals surface area contributed by atoms with Gasteiger partial charge in [0.1, 0.15) is 9.71 Å². The van der Waals surface area contributed by atoms with E-state index in [9.17, 15) is 9.59 Å². The van der Waals surface area contributed by atoms with Crippen molar-refractivity contribution in [3.05, 3.63) is 22.7 Å². The fraction of sp³-hybridized carbons (Fsp3) is 0.438. The molecule has 0 atom stereocenters. The first-order chi connectivity index (χ1) is 11.6. The zero-order valence-electron chi connectivity index (χ0n) is 13.6. The maximum absolute atomic E-state index is 12.0. The summed E-state index contributed by atoms with van der Waals surface area (Å²) in [4.78, 5) is 31.4. The summed E-state index contributed by atoms with van der Waals surface area (Å²) in [5, 5.41) is 3.47. The third-order valence-electron chi connectivity index (χ3n) is 3.77. The SMILES string of the molecule is COC(=O)c1sc2nc(CN3CCOCC3)ccc2c1NC(C)=O. The van der Waals surface area contributed by atoms with Gasteiger partial charge in [-0.05, 0) is 12.1 Å². The van der Waals surface area contributed by atoms with Crippen LogP contribution >= 0.6 is 11.3 Å². The van der Waals surface area contributed by atoms with E-state index < -0.39 is 5.97 Å². The number of esters is 1. The Labute approximate surface area is 143 Å². The van der Waals surface area contributed by atoms with E-state index in [0.29, 0.717) is 15.4 Å². The molecule has 3 heterocycles. The Balaban J connectivity index is 1.94. The van der Waals surface area contributed by atoms with Gasteiger partial charge >= 0.3 is 5.97 Å². The molecule has 1 amide bonds. The van der Waals surface area contributed by atoms with Gasteiger partial charge < -0.3 is 14.8 Å². The molecule has 0 saturated carbocycles. The molecule has 2 aromatic rings. The number of ether oxygens (including phenoxy) is 2. The third-order valence-corrected chi connectivity index (χ3v) is 4.85. The number of nitrogens with zero attached hydrogens (tertiary/aromatic N) is 2. The van der Waals surface area contributed by atoms with Gasteiger partial charge in [0, 0.05) is 31.9 Å². The van der Waals surface area contributed by atoms with Crippen LogP contribution in [0.1, 0.15) is 22.3 Å². The van der Waals surface area contributed by atoms with E-state index >= 15 is 0 Å². The van der Waals surface area contributed by atoms with Gasteiger partial charge in [0.2, 0.25) is 5.91 Å². The van der Waals surface area contributed by atoms with Crippen LogP contribution in [0.15, 0.2) is 12.1 Å². The van der Waals surface area contributed by atoms with Crippen molar-refractivity contribution >= 4 is 39.1 Å². The number of methoxy groups -OCH3 is 1. The van der Waals surface area contributed by atoms with Crippen molar-refractivity contribution < 1.29 is 19.1 Å². The van der Waals surface area contributed by atoms with E-state index in [1.165, 1.54) is 25.4 Å². The molecule has 128 valence electrons. The van der Waals surface area contributed by atoms with E-state index in [4.69, 9.17) is 9.47 Å². The maximum Gasteiger partial charge on any atom is 0.350 e. The largest absolute Gasteiger partial charge is 0.465 e. The number of aromatic nitrogens is 1. The minimum Gasteiger partial charge on any atom is -0.465 e. The smallest absolute Gasteiger partial charge is 0.350 e. The van der Waals surface area contributed by atoms with Gasteiger partial charge in [-0.15, -0.1) is 11.3 Å². The Morgan fingerprint density at radius 3 is 2.79 bits per heavy atom. The normalized spacial score (nSPS) is 15.4. The average molecular weight is 349 g/mol. The van der Waals surface area contributed by atoms with Crippen LogP contribution in [0.2, 0.25) is 0 Å². The van der Waals surface area contributed by atoms with E-state index in [1.807, 2.05) is 12.1 Å². The highest BCUT2D eigenvalue weighted by atomic mass is 32.1. The molecule has 0 aliphatic carbocycles. The zero-order valence-corrected chi connectivity index (χ0v) is 14.4. The first-order valence-electron chi connectivity index (χ1n) is 7.67. The maximum atomic E-state index is 12.0. The fourth-order valence-corrected chi connectivity index (χ4v) is 3.70. The molecule has 1 fully saturated rings. The molecule has 1 aliphatic heterocycles. The summed E-state index contributed by atoms with van der Waals surface area (Å²) in [6.45, 7) is 5.38. The first kappa shape index (κ1) is 16.8. The summed E-state index contributed by atoms with van der Waals surface area (Å²) < 4.78 is 10.2. The predicted molar refractivity (Wildman–Crippen MR) is 91.4 cm³/mol. The molecule has 24 heavy (non-hydrogen) atoms. The summed E-state index contributed by atoms with van der Waals surface area (Å²) >= 11 is 1.23. The molecule has 1 aliphatic rings. The summed E-state index contributed by atoms with van der Waals surface area (Å²) in [7, 11) is 1.32. The lowest BCUT2D eigenvalue weighted by Gasteiger charge is -2.26. The second kappa shape index (κ2) is 7.25. The van der Waals surface area contributed by atoms with Crippen LogP contribution in [0.5, 0.6) is 0 Å². The van der Waals surface area contributed by atoms with Crippen LogP contribution in [0.4, 0.5) is 5.69 Å². The number of fused-ring (bicyclic) bond motifs is 1. The number of hydrogen-bond donors (Lipinski definition) is 1. The quantitative estimate of drug-likeness (QED) is 0.849. The van der Waals surface area contributed by atoms with Gasteiger partial charge in [-0.3, -0.25) is 9.69 Å². The number of pyridine rings is 1. The van der Waals surface area contributed by atoms with Gasteiger partial charge in [-0.25, -0.2) is 9.78 Å². The molecule has 8 heteroatoms. The molecule has 3 rings (SSSR count). The average Bonchev–Trinajstić information content (AvgIpc) is 2.92. The van der Waals surface area contributed by atoms with Crippen molar-refractivity contribution in [1.29, 1.82) is 0 Å². The molecule has 0 spiro atoms. The molecular formula is C16H19N3O4S. The van der Waals surface area contributed by atoms with Crippen LogP contribution in [0.25, 0.3) is 10.2 Å². The third kappa shape index (κ3) is 3.55. The molecule has 0 radical (unpaired) electrons. The van der Waals surface area contributed by atoms with E-state index in [1.54, 1.807) is 0 Å². The monoisotopic (exact) mass is 349 g/mol. The number of carbonyl (C=O) groups is 2. The fourth-order valence-electron chi connectivity index (χ4n) is 2.63. The molecule has 1 N–H and O–H groups in total. The van der Waals surface area contributed by atoms with Crippen molar-refractivity contribution in [2.75, 3.05) is 38.7 Å². The van der Waals surface area contributed by atoms with E-state index in [2.05, 4.69) is 15.2 Å². The summed E-state index contributed by atoms with van der Waals surface area (Å²) in [5.41, 5.74) is 1.40. The molecule has 0 aromatic carbocycles. The highest BCUT2D eigenvalue weighted by Crippen LogP contribution is 2.35. The number of amides is 1. The van der Waals surface area contributed by atoms with Crippen molar-refractivity contribution in [3.63, 3.8) is 0 Å². The number of nitrogens with one attached hydrogen (secondary N) is 1. The Bertz CT molecular complexity index is 768. The molecule has 0 unspecified atom stereocenters. The van der Waals surface area contributed by atoms with E-state index in [0.717, 1.165) is 43.9 Å². The Kier molecular flexibility index (Phi) is 5.08. The minimum absolute atomic E-state index is 0.239. The number of morpholine rings is 1. The lowest BCUT2D eigenvalue weighted by molar-refractivity contribution is -0.114. The van der Waals surface area contributed by atoms with Gasteiger partial charge in [0.05, 0.1) is 31.7 Å². The molecule has 7 nitrogen and oxygen atoms in total. The van der Waals surface area contributed by atoms with Crippen molar-refractivity contribution in [2.45, 2.75) is 13.5 Å². The Morgan fingerprint density at radius 1 is 1.38 bits per heavy atom. The van der Waals surface area contributed by atoms with Crippen LogP contribution in [0.3, 0.4) is 0 Å². The standard InChI is InChI=1S/C16H19N3O4S/c1-10(20)17-13-12-4-3-11(9-19-5-7-23-8-6-19)18-15(12)24-14(13)16(21)22-2/h3-4H,5-9H2,1-2H3,(H,17,20). The van der Waals surface area contributed by atoms with Crippen LogP contribution in [0, 0.1) is 0 Å². The first-order valence-corrected chi connectivity index (χ1v) is 8.48. The van der Waals surface area contributed by atoms with Crippen LogP contribution < -0.4 is 5.32 Å². The number of hydrogen-bond acceptors (Lipinski definition) is 7. The second-order valence-corrected chi connectivity index (χ2v) is 6.52. The van der Waals surface area contributed by atoms with Gasteiger partial charge in [-0.2, -0.15) is 0 Å². The summed E-state index contributed by atoms with van der Waals surface area (Å²) in [6.07, 6.45) is 0. The molecule has 1 saturated heterocycles. The van der Waals surface area contributed by atoms with Crippen molar-refractivity contribution in [3.8, 4) is 0 Å². The molecule has 0 bridgehead atoms. The predicted octanol–water partition coefficient (Wildman–Crippen LogP) is 1.87. The lowest BCUT2D eigenvalue weighted by Crippen LogP contribution is -2.35. The number of anilines is 1. The van der Waals surface area contributed by atoms with Crippen LogP contribution in [-0.4, -0.2) is 55.2 Å². The van der Waals surface area contributed by atoms with E-state index in [-0.39, 0.29) is 5.91 Å². The lowest BCUT2D eigenvalue weighted by atomic mass is 10.2. The Hall–Kier alpha value is -2.03. The van der Waals surface area contributed by atoms with Crippen LogP contribution in [-0.2, 0) is 20.8 Å². The minimum atomic E-state index is -0.475. The van der Waals surface area contributed by atoms with Gasteiger partial charge in [0.15, 0.2) is 0 Å². The van der Waals surface area contributed by atoms with Crippen molar-refractivity contribution in [2.24, 2.45) is 0 Å². The molecule has 2 aromatic heterocycles. The zero-order chi connectivity index (χ0) is 17.1. The summed E-state index contributed by atoms with van der Waals surface area (Å²) in [5.74, 6) is -0.714.